The second kappa shape index (κ2) is 5.84. The van der Waals surface area contributed by atoms with Gasteiger partial charge < -0.3 is 10.6 Å². The van der Waals surface area contributed by atoms with E-state index in [1.165, 1.54) is 11.3 Å². The van der Waals surface area contributed by atoms with Crippen LogP contribution in [0.25, 0.3) is 4.96 Å². The van der Waals surface area contributed by atoms with Crippen molar-refractivity contribution in [3.05, 3.63) is 33.2 Å². The Morgan fingerprint density at radius 1 is 1.48 bits per heavy atom. The fraction of sp³-hybridized carbons (Fsp3) is 0.571. The van der Waals surface area contributed by atoms with Crippen LogP contribution in [0.1, 0.15) is 11.4 Å². The van der Waals surface area contributed by atoms with E-state index in [1.807, 2.05) is 12.3 Å². The number of aryl methyl sites for hydroxylation is 1. The number of nitrogens with two attached hydrogens (primary N) is 1. The highest BCUT2D eigenvalue weighted by Gasteiger charge is 2.24. The predicted octanol–water partition coefficient (Wildman–Crippen LogP) is 0.139. The summed E-state index contributed by atoms with van der Waals surface area (Å²) in [6.07, 6.45) is 0. The number of aromatic nitrogens is 2. The van der Waals surface area contributed by atoms with Gasteiger partial charge in [-0.2, -0.15) is 0 Å². The molecule has 1 atom stereocenters. The number of hydrogen-bond acceptors (Lipinski definition) is 6. The zero-order valence-corrected chi connectivity index (χ0v) is 13.3. The Balaban J connectivity index is 1.86. The molecule has 1 aliphatic rings. The van der Waals surface area contributed by atoms with Crippen molar-refractivity contribution in [1.82, 2.24) is 19.2 Å². The molecule has 6 nitrogen and oxygen atoms in total. The van der Waals surface area contributed by atoms with Crippen LogP contribution in [0.4, 0.5) is 0 Å². The van der Waals surface area contributed by atoms with Crippen LogP contribution in [-0.2, 0) is 6.54 Å². The van der Waals surface area contributed by atoms with E-state index in [2.05, 4.69) is 21.8 Å². The summed E-state index contributed by atoms with van der Waals surface area (Å²) in [7, 11) is 2.12. The highest BCUT2D eigenvalue weighted by atomic mass is 32.1. The highest BCUT2D eigenvalue weighted by Crippen LogP contribution is 2.14. The topological polar surface area (TPSA) is 66.9 Å². The Morgan fingerprint density at radius 3 is 3.05 bits per heavy atom. The molecule has 0 aromatic carbocycles. The third-order valence-electron chi connectivity index (χ3n) is 4.07. The van der Waals surface area contributed by atoms with Crippen molar-refractivity contribution < 1.29 is 0 Å². The lowest BCUT2D eigenvalue weighted by Gasteiger charge is -2.39. The minimum atomic E-state index is 0.00664. The molecule has 1 fully saturated rings. The maximum Gasteiger partial charge on any atom is 0.259 e. The average Bonchev–Trinajstić information content (AvgIpc) is 2.82. The lowest BCUT2D eigenvalue weighted by Crippen LogP contribution is -2.54. The maximum atomic E-state index is 12.2. The quantitative estimate of drug-likeness (QED) is 0.874. The molecule has 1 saturated heterocycles. The monoisotopic (exact) mass is 307 g/mol. The van der Waals surface area contributed by atoms with Crippen LogP contribution in [0, 0.1) is 6.92 Å². The van der Waals surface area contributed by atoms with Crippen LogP contribution in [0.15, 0.2) is 16.2 Å². The van der Waals surface area contributed by atoms with Gasteiger partial charge >= 0.3 is 0 Å². The summed E-state index contributed by atoms with van der Waals surface area (Å²) in [6, 6.07) is 1.98. The van der Waals surface area contributed by atoms with Gasteiger partial charge in [-0.15, -0.1) is 11.3 Å². The van der Waals surface area contributed by atoms with Crippen LogP contribution in [-0.4, -0.2) is 58.5 Å². The first-order valence-electron chi connectivity index (χ1n) is 7.18. The van der Waals surface area contributed by atoms with E-state index < -0.39 is 0 Å². The number of piperazine rings is 1. The molecular formula is C14H21N5OS. The standard InChI is InChI=1S/C14H21N5OS/c1-10-9-21-14-16-11(5-13(20)19(10)14)7-18-4-3-17(2)8-12(18)6-15/h5,9,12H,3-4,6-8,15H2,1-2H3. The molecule has 21 heavy (non-hydrogen) atoms. The number of rotatable bonds is 3. The first kappa shape index (κ1) is 14.6. The smallest absolute Gasteiger partial charge is 0.259 e. The highest BCUT2D eigenvalue weighted by molar-refractivity contribution is 7.15. The summed E-state index contributed by atoms with van der Waals surface area (Å²) in [5.41, 5.74) is 7.67. The van der Waals surface area contributed by atoms with Gasteiger partial charge in [-0.3, -0.25) is 14.1 Å². The van der Waals surface area contributed by atoms with Crippen molar-refractivity contribution in [2.45, 2.75) is 19.5 Å². The Hall–Kier alpha value is -1.28. The number of likely N-dealkylation sites (N-methyl/N-ethyl adjacent to an activating group) is 1. The second-order valence-corrected chi connectivity index (χ2v) is 6.54. The van der Waals surface area contributed by atoms with Gasteiger partial charge in [0.15, 0.2) is 4.96 Å². The minimum Gasteiger partial charge on any atom is -0.329 e. The predicted molar refractivity (Wildman–Crippen MR) is 84.8 cm³/mol. The fourth-order valence-electron chi connectivity index (χ4n) is 2.87. The van der Waals surface area contributed by atoms with Crippen molar-refractivity contribution >= 4 is 16.3 Å². The summed E-state index contributed by atoms with van der Waals surface area (Å²) < 4.78 is 1.67. The van der Waals surface area contributed by atoms with Gasteiger partial charge in [0.05, 0.1) is 5.69 Å². The summed E-state index contributed by atoms with van der Waals surface area (Å²) in [5.74, 6) is 0. The van der Waals surface area contributed by atoms with Gasteiger partial charge in [0.1, 0.15) is 0 Å². The van der Waals surface area contributed by atoms with Crippen LogP contribution in [0.3, 0.4) is 0 Å². The first-order chi connectivity index (χ1) is 10.1. The van der Waals surface area contributed by atoms with Gasteiger partial charge in [0, 0.05) is 55.9 Å². The Kier molecular flexibility index (Phi) is 4.08. The molecule has 0 amide bonds. The molecule has 1 aliphatic heterocycles. The summed E-state index contributed by atoms with van der Waals surface area (Å²) in [4.78, 5) is 22.2. The van der Waals surface area contributed by atoms with Crippen molar-refractivity contribution in [2.24, 2.45) is 5.73 Å². The Morgan fingerprint density at radius 2 is 2.29 bits per heavy atom. The SMILES string of the molecule is Cc1csc2nc(CN3CCN(C)CC3CN)cc(=O)n12. The third kappa shape index (κ3) is 2.87. The largest absolute Gasteiger partial charge is 0.329 e. The normalized spacial score (nSPS) is 21.2. The van der Waals surface area contributed by atoms with E-state index >= 15 is 0 Å². The van der Waals surface area contributed by atoms with E-state index in [4.69, 9.17) is 5.73 Å². The maximum absolute atomic E-state index is 12.2. The van der Waals surface area contributed by atoms with E-state index in [0.29, 0.717) is 19.1 Å². The van der Waals surface area contributed by atoms with E-state index in [1.54, 1.807) is 10.5 Å². The molecule has 0 aliphatic carbocycles. The third-order valence-corrected chi connectivity index (χ3v) is 5.02. The van der Waals surface area contributed by atoms with Crippen molar-refractivity contribution in [1.29, 1.82) is 0 Å². The van der Waals surface area contributed by atoms with Gasteiger partial charge in [-0.05, 0) is 14.0 Å². The van der Waals surface area contributed by atoms with Crippen molar-refractivity contribution in [3.8, 4) is 0 Å². The van der Waals surface area contributed by atoms with E-state index in [0.717, 1.165) is 36.0 Å². The number of hydrogen-bond donors (Lipinski definition) is 1. The van der Waals surface area contributed by atoms with Crippen LogP contribution < -0.4 is 11.3 Å². The molecule has 1 unspecified atom stereocenters. The zero-order valence-electron chi connectivity index (χ0n) is 12.5. The Bertz CT molecular complexity index is 694. The summed E-state index contributed by atoms with van der Waals surface area (Å²) >= 11 is 1.51. The molecule has 0 bridgehead atoms. The molecule has 2 N–H and O–H groups in total. The number of thiazole rings is 1. The first-order valence-corrected chi connectivity index (χ1v) is 8.06. The van der Waals surface area contributed by atoms with E-state index in [-0.39, 0.29) is 5.56 Å². The van der Waals surface area contributed by atoms with Gasteiger partial charge in [-0.25, -0.2) is 4.98 Å². The molecule has 2 aromatic rings. The summed E-state index contributed by atoms with van der Waals surface area (Å²) in [6.45, 7) is 6.20. The van der Waals surface area contributed by atoms with E-state index in [9.17, 15) is 4.79 Å². The lowest BCUT2D eigenvalue weighted by molar-refractivity contribution is 0.0870. The molecule has 114 valence electrons. The molecule has 0 radical (unpaired) electrons. The van der Waals surface area contributed by atoms with Crippen LogP contribution in [0.2, 0.25) is 0 Å². The fourth-order valence-corrected chi connectivity index (χ4v) is 3.76. The van der Waals surface area contributed by atoms with Gasteiger partial charge in [0.2, 0.25) is 0 Å². The number of fused-ring (bicyclic) bond motifs is 1. The zero-order chi connectivity index (χ0) is 15.0. The molecule has 0 spiro atoms. The Labute approximate surface area is 127 Å². The minimum absolute atomic E-state index is 0.00664. The molecular weight excluding hydrogens is 286 g/mol. The molecule has 2 aromatic heterocycles. The second-order valence-electron chi connectivity index (χ2n) is 5.70. The van der Waals surface area contributed by atoms with Crippen LogP contribution >= 0.6 is 11.3 Å². The van der Waals surface area contributed by atoms with Crippen molar-refractivity contribution in [3.63, 3.8) is 0 Å². The summed E-state index contributed by atoms with van der Waals surface area (Å²) in [5, 5.41) is 1.96. The van der Waals surface area contributed by atoms with Gasteiger partial charge in [-0.1, -0.05) is 0 Å². The molecule has 7 heteroatoms. The number of nitrogens with zero attached hydrogens (tertiary/aromatic N) is 4. The lowest BCUT2D eigenvalue weighted by atomic mass is 10.1. The van der Waals surface area contributed by atoms with Crippen LogP contribution in [0.5, 0.6) is 0 Å². The molecule has 0 saturated carbocycles. The van der Waals surface area contributed by atoms with Crippen molar-refractivity contribution in [2.75, 3.05) is 33.2 Å². The molecule has 3 heterocycles. The van der Waals surface area contributed by atoms with Gasteiger partial charge in [0.25, 0.3) is 5.56 Å². The average molecular weight is 307 g/mol. The molecule has 3 rings (SSSR count).